The second-order valence-corrected chi connectivity index (χ2v) is 5.58. The summed E-state index contributed by atoms with van der Waals surface area (Å²) >= 11 is 0. The molecule has 0 saturated heterocycles. The summed E-state index contributed by atoms with van der Waals surface area (Å²) in [5.74, 6) is -0.0609. The van der Waals surface area contributed by atoms with E-state index in [1.54, 1.807) is 19.1 Å². The van der Waals surface area contributed by atoms with Crippen molar-refractivity contribution in [1.29, 1.82) is 0 Å². The average Bonchev–Trinajstić information content (AvgIpc) is 3.22. The van der Waals surface area contributed by atoms with Gasteiger partial charge in [0.25, 0.3) is 11.6 Å². The number of nitrogens with one attached hydrogen (secondary N) is 1. The highest BCUT2D eigenvalue weighted by Gasteiger charge is 2.42. The van der Waals surface area contributed by atoms with E-state index in [0.717, 1.165) is 12.8 Å². The molecule has 2 rings (SSSR count). The quantitative estimate of drug-likeness (QED) is 0.633. The number of nitro benzene ring substituents is 1. The molecular formula is C14H19N3O3. The van der Waals surface area contributed by atoms with E-state index in [1.807, 2.05) is 6.92 Å². The minimum absolute atomic E-state index is 0.123. The molecule has 20 heavy (non-hydrogen) atoms. The van der Waals surface area contributed by atoms with Crippen LogP contribution in [0.25, 0.3) is 0 Å². The molecule has 1 aromatic carbocycles. The van der Waals surface area contributed by atoms with Crippen molar-refractivity contribution >= 4 is 11.6 Å². The van der Waals surface area contributed by atoms with Crippen LogP contribution >= 0.6 is 0 Å². The zero-order valence-electron chi connectivity index (χ0n) is 11.7. The van der Waals surface area contributed by atoms with Crippen molar-refractivity contribution in [3.05, 3.63) is 39.4 Å². The van der Waals surface area contributed by atoms with Gasteiger partial charge in [-0.1, -0.05) is 12.1 Å². The molecular weight excluding hydrogens is 258 g/mol. The Kier molecular flexibility index (Phi) is 3.76. The summed E-state index contributed by atoms with van der Waals surface area (Å²) < 4.78 is 0. The molecule has 1 unspecified atom stereocenters. The number of nitro groups is 1. The number of carbonyl (C=O) groups is 1. The van der Waals surface area contributed by atoms with Crippen molar-refractivity contribution in [3.8, 4) is 0 Å². The average molecular weight is 277 g/mol. The Labute approximate surface area is 117 Å². The lowest BCUT2D eigenvalue weighted by Gasteiger charge is -2.29. The summed E-state index contributed by atoms with van der Waals surface area (Å²) in [6.07, 6.45) is 2.06. The Morgan fingerprint density at radius 3 is 2.70 bits per heavy atom. The van der Waals surface area contributed by atoms with E-state index in [-0.39, 0.29) is 11.3 Å². The van der Waals surface area contributed by atoms with Crippen molar-refractivity contribution in [1.82, 2.24) is 5.32 Å². The zero-order chi connectivity index (χ0) is 14.9. The minimum Gasteiger partial charge on any atom is -0.345 e. The summed E-state index contributed by atoms with van der Waals surface area (Å²) in [6, 6.07) is 4.62. The van der Waals surface area contributed by atoms with Gasteiger partial charge >= 0.3 is 0 Å². The molecule has 1 atom stereocenters. The van der Waals surface area contributed by atoms with E-state index in [1.165, 1.54) is 6.07 Å². The normalized spacial score (nSPS) is 17.4. The molecule has 1 amide bonds. The molecule has 1 aromatic rings. The standard InChI is InChI=1S/C14H19N3O3/c1-9-4-3-5-11(17(19)20)12(9)13(18)16-14(2,8-15)10-6-7-10/h3-5,10H,6-8,15H2,1-2H3,(H,16,18). The van der Waals surface area contributed by atoms with Gasteiger partial charge in [-0.15, -0.1) is 0 Å². The smallest absolute Gasteiger partial charge is 0.282 e. The van der Waals surface area contributed by atoms with Crippen LogP contribution in [-0.2, 0) is 0 Å². The monoisotopic (exact) mass is 277 g/mol. The topological polar surface area (TPSA) is 98.3 Å². The van der Waals surface area contributed by atoms with Gasteiger partial charge in [-0.3, -0.25) is 14.9 Å². The lowest BCUT2D eigenvalue weighted by Crippen LogP contribution is -2.53. The number of rotatable bonds is 5. The maximum Gasteiger partial charge on any atom is 0.282 e. The van der Waals surface area contributed by atoms with Crippen LogP contribution in [0.4, 0.5) is 5.69 Å². The van der Waals surface area contributed by atoms with Crippen molar-refractivity contribution in [2.24, 2.45) is 11.7 Å². The Balaban J connectivity index is 2.31. The fourth-order valence-corrected chi connectivity index (χ4v) is 2.46. The number of benzene rings is 1. The molecule has 108 valence electrons. The Morgan fingerprint density at radius 1 is 1.55 bits per heavy atom. The summed E-state index contributed by atoms with van der Waals surface area (Å²) in [7, 11) is 0. The van der Waals surface area contributed by atoms with E-state index < -0.39 is 16.4 Å². The first-order chi connectivity index (χ1) is 9.39. The molecule has 0 spiro atoms. The largest absolute Gasteiger partial charge is 0.345 e. The summed E-state index contributed by atoms with van der Waals surface area (Å²) in [5, 5.41) is 13.9. The summed E-state index contributed by atoms with van der Waals surface area (Å²) in [4.78, 5) is 23.0. The maximum atomic E-state index is 12.4. The molecule has 0 bridgehead atoms. The molecule has 6 nitrogen and oxygen atoms in total. The number of aryl methyl sites for hydroxylation is 1. The molecule has 1 fully saturated rings. The van der Waals surface area contributed by atoms with Gasteiger partial charge in [0.15, 0.2) is 0 Å². The molecule has 0 aromatic heterocycles. The van der Waals surface area contributed by atoms with Gasteiger partial charge in [0.1, 0.15) is 5.56 Å². The number of nitrogens with two attached hydrogens (primary N) is 1. The first-order valence-corrected chi connectivity index (χ1v) is 6.65. The number of hydrogen-bond donors (Lipinski definition) is 2. The Bertz CT molecular complexity index is 555. The third-order valence-corrected chi connectivity index (χ3v) is 3.98. The summed E-state index contributed by atoms with van der Waals surface area (Å²) in [6.45, 7) is 3.91. The number of amides is 1. The molecule has 0 aliphatic heterocycles. The van der Waals surface area contributed by atoms with E-state index in [2.05, 4.69) is 5.32 Å². The zero-order valence-corrected chi connectivity index (χ0v) is 11.7. The van der Waals surface area contributed by atoms with Crippen LogP contribution in [-0.4, -0.2) is 22.9 Å². The third-order valence-electron chi connectivity index (χ3n) is 3.98. The number of carbonyl (C=O) groups excluding carboxylic acids is 1. The highest BCUT2D eigenvalue weighted by Crippen LogP contribution is 2.39. The van der Waals surface area contributed by atoms with Crippen LogP contribution in [0.15, 0.2) is 18.2 Å². The number of nitrogens with zero attached hydrogens (tertiary/aromatic N) is 1. The van der Waals surface area contributed by atoms with E-state index in [9.17, 15) is 14.9 Å². The minimum atomic E-state index is -0.529. The Morgan fingerprint density at radius 2 is 2.20 bits per heavy atom. The predicted octanol–water partition coefficient (Wildman–Crippen LogP) is 1.76. The van der Waals surface area contributed by atoms with Gasteiger partial charge in [-0.05, 0) is 38.2 Å². The number of hydrogen-bond acceptors (Lipinski definition) is 4. The SMILES string of the molecule is Cc1cccc([N+](=O)[O-])c1C(=O)NC(C)(CN)C1CC1. The molecule has 3 N–H and O–H groups in total. The first-order valence-electron chi connectivity index (χ1n) is 6.65. The molecule has 1 aliphatic rings. The highest BCUT2D eigenvalue weighted by molar-refractivity contribution is 6.00. The van der Waals surface area contributed by atoms with Crippen molar-refractivity contribution in [2.45, 2.75) is 32.2 Å². The lowest BCUT2D eigenvalue weighted by molar-refractivity contribution is -0.385. The van der Waals surface area contributed by atoms with Crippen LogP contribution in [0.1, 0.15) is 35.7 Å². The van der Waals surface area contributed by atoms with Crippen molar-refractivity contribution in [3.63, 3.8) is 0 Å². The van der Waals surface area contributed by atoms with Gasteiger partial charge in [-0.25, -0.2) is 0 Å². The Hall–Kier alpha value is -1.95. The van der Waals surface area contributed by atoms with Gasteiger partial charge < -0.3 is 11.1 Å². The van der Waals surface area contributed by atoms with Crippen LogP contribution in [0.5, 0.6) is 0 Å². The second kappa shape index (κ2) is 5.20. The van der Waals surface area contributed by atoms with Gasteiger partial charge in [0.2, 0.25) is 0 Å². The maximum absolute atomic E-state index is 12.4. The summed E-state index contributed by atoms with van der Waals surface area (Å²) in [5.41, 5.74) is 5.81. The molecule has 6 heteroatoms. The van der Waals surface area contributed by atoms with Crippen molar-refractivity contribution < 1.29 is 9.72 Å². The highest BCUT2D eigenvalue weighted by atomic mass is 16.6. The van der Waals surface area contributed by atoms with Gasteiger partial charge in [0, 0.05) is 12.6 Å². The van der Waals surface area contributed by atoms with Crippen LogP contribution in [0.3, 0.4) is 0 Å². The second-order valence-electron chi connectivity index (χ2n) is 5.58. The van der Waals surface area contributed by atoms with Gasteiger partial charge in [0.05, 0.1) is 10.5 Å². The molecule has 0 heterocycles. The van der Waals surface area contributed by atoms with Crippen LogP contribution in [0, 0.1) is 23.0 Å². The molecule has 1 saturated carbocycles. The van der Waals surface area contributed by atoms with E-state index in [0.29, 0.717) is 18.0 Å². The predicted molar refractivity (Wildman–Crippen MR) is 75.5 cm³/mol. The van der Waals surface area contributed by atoms with Crippen LogP contribution < -0.4 is 11.1 Å². The van der Waals surface area contributed by atoms with E-state index >= 15 is 0 Å². The fraction of sp³-hybridized carbons (Fsp3) is 0.500. The fourth-order valence-electron chi connectivity index (χ4n) is 2.46. The van der Waals surface area contributed by atoms with Crippen LogP contribution in [0.2, 0.25) is 0 Å². The lowest BCUT2D eigenvalue weighted by atomic mass is 9.94. The molecule has 1 aliphatic carbocycles. The molecule has 0 radical (unpaired) electrons. The van der Waals surface area contributed by atoms with E-state index in [4.69, 9.17) is 5.73 Å². The third kappa shape index (κ3) is 2.65. The van der Waals surface area contributed by atoms with Crippen molar-refractivity contribution in [2.75, 3.05) is 6.54 Å². The van der Waals surface area contributed by atoms with Gasteiger partial charge in [-0.2, -0.15) is 0 Å². The first kappa shape index (κ1) is 14.5.